The number of ether oxygens (including phenoxy) is 1. The van der Waals surface area contributed by atoms with E-state index in [-0.39, 0.29) is 12.8 Å². The van der Waals surface area contributed by atoms with Gasteiger partial charge in [0, 0.05) is 23.7 Å². The van der Waals surface area contributed by atoms with Crippen LogP contribution in [0.1, 0.15) is 20.3 Å². The number of carbonyl (C=O) groups is 1. The van der Waals surface area contributed by atoms with Crippen LogP contribution in [-0.2, 0) is 23.2 Å². The van der Waals surface area contributed by atoms with Gasteiger partial charge in [0.1, 0.15) is 11.5 Å². The van der Waals surface area contributed by atoms with E-state index in [0.717, 1.165) is 0 Å². The van der Waals surface area contributed by atoms with Crippen molar-refractivity contribution in [3.8, 4) is 0 Å². The lowest BCUT2D eigenvalue weighted by Gasteiger charge is -2.32. The molecule has 144 valence electrons. The van der Waals surface area contributed by atoms with Crippen molar-refractivity contribution in [3.63, 3.8) is 0 Å². The molecule has 3 rings (SSSR count). The molecule has 0 bridgehead atoms. The summed E-state index contributed by atoms with van der Waals surface area (Å²) in [4.78, 5) is 11.7. The third-order valence-electron chi connectivity index (χ3n) is 4.78. The highest BCUT2D eigenvalue weighted by Crippen LogP contribution is 2.73. The molecule has 2 aromatic rings. The maximum absolute atomic E-state index is 14.7. The maximum atomic E-state index is 14.7. The Balaban J connectivity index is 2.23. The maximum Gasteiger partial charge on any atom is 0.302 e. The van der Waals surface area contributed by atoms with Gasteiger partial charge in [-0.25, -0.2) is 0 Å². The smallest absolute Gasteiger partial charge is 0.302 e. The number of hydrogen-bond acceptors (Lipinski definition) is 5. The molecule has 7 heteroatoms. The van der Waals surface area contributed by atoms with Crippen LogP contribution in [0.5, 0.6) is 0 Å². The van der Waals surface area contributed by atoms with Gasteiger partial charge in [-0.3, -0.25) is 9.36 Å². The highest BCUT2D eigenvalue weighted by atomic mass is 31.2. The third kappa shape index (κ3) is 3.82. The average Bonchev–Trinajstić information content (AvgIpc) is 2.98. The molecular formula is C20H24O5P2. The van der Waals surface area contributed by atoms with E-state index in [9.17, 15) is 13.9 Å². The number of carbonyl (C=O) groups excluding carboxylic acids is 1. The van der Waals surface area contributed by atoms with Crippen LogP contribution in [0.3, 0.4) is 0 Å². The van der Waals surface area contributed by atoms with Crippen LogP contribution in [0, 0.1) is 0 Å². The molecule has 1 aliphatic rings. The summed E-state index contributed by atoms with van der Waals surface area (Å²) in [6, 6.07) is 18.1. The first kappa shape index (κ1) is 20.1. The molecule has 0 N–H and O–H groups in total. The Bertz CT molecular complexity index is 838. The molecular weight excluding hydrogens is 382 g/mol. The molecule has 0 radical (unpaired) electrons. The first-order valence-corrected chi connectivity index (χ1v) is 12.7. The summed E-state index contributed by atoms with van der Waals surface area (Å²) in [5, 5.41) is 0.319. The van der Waals surface area contributed by atoms with Gasteiger partial charge in [-0.15, -0.1) is 0 Å². The van der Waals surface area contributed by atoms with Gasteiger partial charge in [0.2, 0.25) is 7.37 Å². The Labute approximate surface area is 159 Å². The molecule has 5 nitrogen and oxygen atoms in total. The molecule has 3 unspecified atom stereocenters. The molecule has 1 heterocycles. The molecule has 0 aliphatic carbocycles. The zero-order chi connectivity index (χ0) is 19.5. The minimum Gasteiger partial charge on any atom is -0.461 e. The molecule has 0 spiro atoms. The predicted molar refractivity (Wildman–Crippen MR) is 108 cm³/mol. The van der Waals surface area contributed by atoms with Crippen molar-refractivity contribution in [3.05, 3.63) is 60.7 Å². The quantitative estimate of drug-likeness (QED) is 0.536. The van der Waals surface area contributed by atoms with Crippen molar-refractivity contribution in [2.75, 3.05) is 12.8 Å². The van der Waals surface area contributed by atoms with Crippen LogP contribution < -0.4 is 10.6 Å². The van der Waals surface area contributed by atoms with E-state index in [0.29, 0.717) is 17.0 Å². The molecule has 1 saturated heterocycles. The fourth-order valence-corrected chi connectivity index (χ4v) is 12.2. The van der Waals surface area contributed by atoms with Gasteiger partial charge in [0.05, 0.1) is 6.61 Å². The van der Waals surface area contributed by atoms with Gasteiger partial charge < -0.3 is 13.8 Å². The van der Waals surface area contributed by atoms with Crippen LogP contribution in [0.2, 0.25) is 0 Å². The minimum atomic E-state index is -3.40. The lowest BCUT2D eigenvalue weighted by molar-refractivity contribution is -0.145. The topological polar surface area (TPSA) is 69.7 Å². The molecule has 0 aromatic heterocycles. The van der Waals surface area contributed by atoms with Gasteiger partial charge >= 0.3 is 5.97 Å². The van der Waals surface area contributed by atoms with Crippen LogP contribution >= 0.6 is 14.5 Å². The minimum absolute atomic E-state index is 0.254. The number of benzene rings is 2. The van der Waals surface area contributed by atoms with Crippen LogP contribution in [0.4, 0.5) is 0 Å². The summed E-state index contributed by atoms with van der Waals surface area (Å²) in [5.41, 5.74) is 0. The van der Waals surface area contributed by atoms with Crippen LogP contribution in [0.25, 0.3) is 0 Å². The molecule has 0 saturated carbocycles. The first-order valence-electron chi connectivity index (χ1n) is 9.03. The average molecular weight is 406 g/mol. The van der Waals surface area contributed by atoms with Crippen LogP contribution in [0.15, 0.2) is 60.7 Å². The molecule has 3 atom stereocenters. The number of hydrogen-bond donors (Lipinski definition) is 0. The normalized spacial score (nSPS) is 25.3. The summed E-state index contributed by atoms with van der Waals surface area (Å²) in [6.07, 6.45) is -0.0655. The standard InChI is InChI=1S/C20H24O5P2/c1-3-24-26(22)15-14-19(25-16(2)21)20(26)27(23,17-10-6-4-7-11-17)18-12-8-5-9-13-18/h4-13,19-20H,3,14-15H2,1-2H3. The van der Waals surface area contributed by atoms with Crippen molar-refractivity contribution in [2.24, 2.45) is 0 Å². The predicted octanol–water partition coefficient (Wildman–Crippen LogP) is 3.98. The fraction of sp³-hybridized carbons (Fsp3) is 0.350. The fourth-order valence-electron chi connectivity index (χ4n) is 3.77. The third-order valence-corrected chi connectivity index (χ3v) is 12.7. The van der Waals surface area contributed by atoms with E-state index in [1.807, 2.05) is 36.4 Å². The van der Waals surface area contributed by atoms with Gasteiger partial charge in [0.25, 0.3) is 0 Å². The molecule has 2 aromatic carbocycles. The number of esters is 1. The van der Waals surface area contributed by atoms with E-state index >= 15 is 0 Å². The Kier molecular flexibility index (Phi) is 6.05. The lowest BCUT2D eigenvalue weighted by atomic mass is 10.3. The highest BCUT2D eigenvalue weighted by Gasteiger charge is 2.58. The summed E-state index contributed by atoms with van der Waals surface area (Å²) in [7, 11) is -6.69. The summed E-state index contributed by atoms with van der Waals surface area (Å²) in [6.45, 7) is 3.34. The van der Waals surface area contributed by atoms with Crippen molar-refractivity contribution >= 4 is 31.1 Å². The van der Waals surface area contributed by atoms with Crippen molar-refractivity contribution in [2.45, 2.75) is 31.8 Å². The molecule has 0 amide bonds. The first-order chi connectivity index (χ1) is 12.9. The van der Waals surface area contributed by atoms with E-state index < -0.39 is 32.0 Å². The lowest BCUT2D eigenvalue weighted by Crippen LogP contribution is -2.33. The number of rotatable bonds is 6. The summed E-state index contributed by atoms with van der Waals surface area (Å²) >= 11 is 0. The summed E-state index contributed by atoms with van der Waals surface area (Å²) in [5.74, 6) is -0.470. The van der Waals surface area contributed by atoms with Gasteiger partial charge in [-0.05, 0) is 13.3 Å². The van der Waals surface area contributed by atoms with Crippen molar-refractivity contribution in [1.29, 1.82) is 0 Å². The Morgan fingerprint density at radius 2 is 1.59 bits per heavy atom. The Hall–Kier alpha value is -1.67. The second kappa shape index (κ2) is 8.14. The van der Waals surface area contributed by atoms with Crippen molar-refractivity contribution in [1.82, 2.24) is 0 Å². The van der Waals surface area contributed by atoms with Crippen LogP contribution in [-0.4, -0.2) is 30.2 Å². The second-order valence-electron chi connectivity index (χ2n) is 6.55. The SMILES string of the molecule is CCOP1(=O)CCC(OC(C)=O)C1P(=O)(c1ccccc1)c1ccccc1. The second-order valence-corrected chi connectivity index (χ2v) is 12.6. The Morgan fingerprint density at radius 1 is 1.07 bits per heavy atom. The Morgan fingerprint density at radius 3 is 2.04 bits per heavy atom. The van der Waals surface area contributed by atoms with E-state index in [4.69, 9.17) is 9.26 Å². The zero-order valence-electron chi connectivity index (χ0n) is 15.5. The summed E-state index contributed by atoms with van der Waals surface area (Å²) < 4.78 is 39.6. The molecule has 1 fully saturated rings. The van der Waals surface area contributed by atoms with E-state index in [2.05, 4.69) is 0 Å². The largest absolute Gasteiger partial charge is 0.461 e. The van der Waals surface area contributed by atoms with E-state index in [1.165, 1.54) is 6.92 Å². The zero-order valence-corrected chi connectivity index (χ0v) is 17.3. The van der Waals surface area contributed by atoms with Crippen molar-refractivity contribution < 1.29 is 23.2 Å². The monoisotopic (exact) mass is 406 g/mol. The molecule has 27 heavy (non-hydrogen) atoms. The van der Waals surface area contributed by atoms with E-state index in [1.54, 1.807) is 31.2 Å². The van der Waals surface area contributed by atoms with Gasteiger partial charge in [0.15, 0.2) is 7.14 Å². The molecule has 1 aliphatic heterocycles. The van der Waals surface area contributed by atoms with Gasteiger partial charge in [-0.2, -0.15) is 0 Å². The highest BCUT2D eigenvalue weighted by molar-refractivity contribution is 7.89. The van der Waals surface area contributed by atoms with Gasteiger partial charge in [-0.1, -0.05) is 60.7 Å².